The summed E-state index contributed by atoms with van der Waals surface area (Å²) in [5.74, 6) is -0.834. The summed E-state index contributed by atoms with van der Waals surface area (Å²) in [4.78, 5) is 13.1. The van der Waals surface area contributed by atoms with Crippen LogP contribution >= 0.6 is 0 Å². The first-order valence-electron chi connectivity index (χ1n) is 4.72. The first-order chi connectivity index (χ1) is 6.45. The van der Waals surface area contributed by atoms with Crippen molar-refractivity contribution in [1.29, 1.82) is 5.26 Å². The van der Waals surface area contributed by atoms with Gasteiger partial charge in [0.15, 0.2) is 0 Å². The lowest BCUT2D eigenvalue weighted by Crippen LogP contribution is -2.42. The number of nitriles is 1. The molecular weight excluding hydrogens is 180 g/mol. The lowest BCUT2D eigenvalue weighted by molar-refractivity contribution is -0.136. The number of amides is 1. The monoisotopic (exact) mass is 198 g/mol. The Balaban J connectivity index is 4.52. The molecule has 0 aliphatic carbocycles. The van der Waals surface area contributed by atoms with Gasteiger partial charge in [0.25, 0.3) is 0 Å². The van der Waals surface area contributed by atoms with E-state index in [9.17, 15) is 4.79 Å². The van der Waals surface area contributed by atoms with E-state index < -0.39 is 5.92 Å². The van der Waals surface area contributed by atoms with E-state index >= 15 is 0 Å². The fraction of sp³-hybridized carbons (Fsp3) is 0.800. The second-order valence-electron chi connectivity index (χ2n) is 3.83. The molecule has 0 heterocycles. The Morgan fingerprint density at radius 3 is 2.29 bits per heavy atom. The predicted octanol–water partition coefficient (Wildman–Crippen LogP) is 0.621. The van der Waals surface area contributed by atoms with Gasteiger partial charge in [-0.05, 0) is 12.8 Å². The molecular formula is C10H18N2O2. The van der Waals surface area contributed by atoms with Crippen molar-refractivity contribution in [3.05, 3.63) is 0 Å². The molecule has 0 aromatic heterocycles. The number of aliphatic hydroxyl groups excluding tert-OH is 1. The summed E-state index contributed by atoms with van der Waals surface area (Å²) in [6.45, 7) is 5.33. The lowest BCUT2D eigenvalue weighted by atomic mass is 9.96. The molecule has 0 aromatic rings. The topological polar surface area (TPSA) is 64.3 Å². The van der Waals surface area contributed by atoms with E-state index in [1.54, 1.807) is 14.0 Å². The van der Waals surface area contributed by atoms with Crippen LogP contribution in [0.4, 0.5) is 0 Å². The molecule has 14 heavy (non-hydrogen) atoms. The van der Waals surface area contributed by atoms with Crippen LogP contribution in [0.15, 0.2) is 0 Å². The molecule has 80 valence electrons. The smallest absolute Gasteiger partial charge is 0.240 e. The Morgan fingerprint density at radius 2 is 2.00 bits per heavy atom. The summed E-state index contributed by atoms with van der Waals surface area (Å²) in [5.41, 5.74) is 0. The van der Waals surface area contributed by atoms with E-state index in [1.165, 1.54) is 4.90 Å². The summed E-state index contributed by atoms with van der Waals surface area (Å²) in [7, 11) is 1.61. The zero-order valence-corrected chi connectivity index (χ0v) is 9.19. The highest BCUT2D eigenvalue weighted by Crippen LogP contribution is 2.13. The molecule has 2 atom stereocenters. The molecule has 4 nitrogen and oxygen atoms in total. The number of aliphatic hydroxyl groups is 1. The Morgan fingerprint density at radius 1 is 1.50 bits per heavy atom. The molecule has 0 saturated heterocycles. The van der Waals surface area contributed by atoms with Crippen molar-refractivity contribution in [2.24, 2.45) is 11.8 Å². The quantitative estimate of drug-likeness (QED) is 0.720. The first kappa shape index (κ1) is 12.9. The summed E-state index contributed by atoms with van der Waals surface area (Å²) in [6.07, 6.45) is 0. The minimum atomic E-state index is -0.617. The van der Waals surface area contributed by atoms with Crippen LogP contribution in [0.2, 0.25) is 0 Å². The maximum atomic E-state index is 11.7. The van der Waals surface area contributed by atoms with Crippen molar-refractivity contribution in [3.8, 4) is 6.07 Å². The Hall–Kier alpha value is -1.08. The molecule has 4 heteroatoms. The highest BCUT2D eigenvalue weighted by Gasteiger charge is 2.26. The second kappa shape index (κ2) is 5.61. The summed E-state index contributed by atoms with van der Waals surface area (Å²) in [5, 5.41) is 17.7. The zero-order chi connectivity index (χ0) is 11.3. The van der Waals surface area contributed by atoms with Crippen LogP contribution in [0.3, 0.4) is 0 Å². The predicted molar refractivity (Wildman–Crippen MR) is 53.3 cm³/mol. The molecule has 1 N–H and O–H groups in total. The maximum absolute atomic E-state index is 11.7. The van der Waals surface area contributed by atoms with E-state index in [1.807, 2.05) is 19.9 Å². The van der Waals surface area contributed by atoms with Crippen molar-refractivity contribution in [1.82, 2.24) is 4.90 Å². The third-order valence-electron chi connectivity index (χ3n) is 2.34. The SMILES string of the molecule is CC(C)C(C#N)C(=O)N(C)C(C)CO. The van der Waals surface area contributed by atoms with E-state index in [0.717, 1.165) is 0 Å². The molecule has 0 fully saturated rings. The lowest BCUT2D eigenvalue weighted by Gasteiger charge is -2.26. The van der Waals surface area contributed by atoms with E-state index in [-0.39, 0.29) is 24.5 Å². The molecule has 0 rings (SSSR count). The van der Waals surface area contributed by atoms with Crippen LogP contribution in [0.25, 0.3) is 0 Å². The average molecular weight is 198 g/mol. The third kappa shape index (κ3) is 3.00. The highest BCUT2D eigenvalue weighted by molar-refractivity contribution is 5.81. The first-order valence-corrected chi connectivity index (χ1v) is 4.72. The van der Waals surface area contributed by atoms with E-state index in [4.69, 9.17) is 10.4 Å². The number of hydrogen-bond donors (Lipinski definition) is 1. The molecule has 1 amide bonds. The molecule has 0 saturated carbocycles. The van der Waals surface area contributed by atoms with Crippen LogP contribution in [0, 0.1) is 23.2 Å². The third-order valence-corrected chi connectivity index (χ3v) is 2.34. The molecule has 2 unspecified atom stereocenters. The zero-order valence-electron chi connectivity index (χ0n) is 9.19. The van der Waals surface area contributed by atoms with Gasteiger partial charge in [0.1, 0.15) is 5.92 Å². The van der Waals surface area contributed by atoms with Crippen LogP contribution in [-0.4, -0.2) is 35.6 Å². The van der Waals surface area contributed by atoms with Gasteiger partial charge in [0.2, 0.25) is 5.91 Å². The van der Waals surface area contributed by atoms with E-state index in [0.29, 0.717) is 0 Å². The van der Waals surface area contributed by atoms with Gasteiger partial charge >= 0.3 is 0 Å². The average Bonchev–Trinajstić information content (AvgIpc) is 2.15. The summed E-state index contributed by atoms with van der Waals surface area (Å²) < 4.78 is 0. The van der Waals surface area contributed by atoms with Crippen LogP contribution in [0.5, 0.6) is 0 Å². The van der Waals surface area contributed by atoms with Gasteiger partial charge in [0.05, 0.1) is 18.7 Å². The minimum Gasteiger partial charge on any atom is -0.394 e. The Kier molecular flexibility index (Phi) is 5.18. The number of rotatable bonds is 4. The summed E-state index contributed by atoms with van der Waals surface area (Å²) >= 11 is 0. The number of hydrogen-bond acceptors (Lipinski definition) is 3. The number of carbonyl (C=O) groups is 1. The van der Waals surface area contributed by atoms with E-state index in [2.05, 4.69) is 0 Å². The molecule has 0 bridgehead atoms. The largest absolute Gasteiger partial charge is 0.394 e. The molecule has 0 aliphatic heterocycles. The summed E-state index contributed by atoms with van der Waals surface area (Å²) in [6, 6.07) is 1.75. The normalized spacial score (nSPS) is 14.6. The number of nitrogens with zero attached hydrogens (tertiary/aromatic N) is 2. The second-order valence-corrected chi connectivity index (χ2v) is 3.83. The molecule has 0 spiro atoms. The minimum absolute atomic E-state index is 0.000780. The van der Waals surface area contributed by atoms with Crippen LogP contribution in [-0.2, 0) is 4.79 Å². The van der Waals surface area contributed by atoms with Crippen molar-refractivity contribution < 1.29 is 9.90 Å². The van der Waals surface area contributed by atoms with Crippen LogP contribution in [0.1, 0.15) is 20.8 Å². The Labute approximate surface area is 85.1 Å². The fourth-order valence-corrected chi connectivity index (χ4v) is 1.05. The van der Waals surface area contributed by atoms with Gasteiger partial charge in [0, 0.05) is 7.05 Å². The highest BCUT2D eigenvalue weighted by atomic mass is 16.3. The van der Waals surface area contributed by atoms with Gasteiger partial charge < -0.3 is 10.0 Å². The van der Waals surface area contributed by atoms with Gasteiger partial charge in [-0.15, -0.1) is 0 Å². The maximum Gasteiger partial charge on any atom is 0.240 e. The van der Waals surface area contributed by atoms with Crippen molar-refractivity contribution in [2.75, 3.05) is 13.7 Å². The van der Waals surface area contributed by atoms with Crippen molar-refractivity contribution in [2.45, 2.75) is 26.8 Å². The standard InChI is InChI=1S/C10H18N2O2/c1-7(2)9(5-11)10(14)12(4)8(3)6-13/h7-9,13H,6H2,1-4H3. The molecule has 0 radical (unpaired) electrons. The van der Waals surface area contributed by atoms with Gasteiger partial charge in [-0.25, -0.2) is 0 Å². The number of carbonyl (C=O) groups excluding carboxylic acids is 1. The van der Waals surface area contributed by atoms with Gasteiger partial charge in [-0.2, -0.15) is 5.26 Å². The van der Waals surface area contributed by atoms with Crippen LogP contribution < -0.4 is 0 Å². The van der Waals surface area contributed by atoms with Gasteiger partial charge in [-0.1, -0.05) is 13.8 Å². The fourth-order valence-electron chi connectivity index (χ4n) is 1.05. The molecule has 0 aromatic carbocycles. The van der Waals surface area contributed by atoms with Crippen molar-refractivity contribution >= 4 is 5.91 Å². The molecule has 0 aliphatic rings. The van der Waals surface area contributed by atoms with Gasteiger partial charge in [-0.3, -0.25) is 4.79 Å². The van der Waals surface area contributed by atoms with Crippen molar-refractivity contribution in [3.63, 3.8) is 0 Å². The number of likely N-dealkylation sites (N-methyl/N-ethyl adjacent to an activating group) is 1. The Bertz CT molecular complexity index is 233.